The van der Waals surface area contributed by atoms with Gasteiger partial charge in [-0.2, -0.15) is 18.2 Å². The minimum atomic E-state index is -4.44. The van der Waals surface area contributed by atoms with E-state index < -0.39 is 55.2 Å². The predicted molar refractivity (Wildman–Crippen MR) is 113 cm³/mol. The lowest BCUT2D eigenvalue weighted by Gasteiger charge is -2.40. The predicted octanol–water partition coefficient (Wildman–Crippen LogP) is 1.88. The van der Waals surface area contributed by atoms with Crippen LogP contribution in [0.2, 0.25) is 0 Å². The maximum Gasteiger partial charge on any atom is 0.416 e. The summed E-state index contributed by atoms with van der Waals surface area (Å²) in [5.41, 5.74) is 0.0208. The molecule has 0 aromatic heterocycles. The zero-order valence-electron chi connectivity index (χ0n) is 18.4. The molecule has 6 atom stereocenters. The maximum atomic E-state index is 12.8. The van der Waals surface area contributed by atoms with Crippen molar-refractivity contribution in [3.8, 4) is 5.75 Å². The van der Waals surface area contributed by atoms with E-state index in [0.717, 1.165) is 17.7 Å². The second kappa shape index (κ2) is 11.5. The number of ether oxygens (including phenoxy) is 2. The van der Waals surface area contributed by atoms with E-state index in [1.807, 2.05) is 30.3 Å². The van der Waals surface area contributed by atoms with Gasteiger partial charge >= 0.3 is 6.18 Å². The van der Waals surface area contributed by atoms with Gasteiger partial charge in [0.15, 0.2) is 0 Å². The number of hydrogen-bond donors (Lipinski definition) is 4. The summed E-state index contributed by atoms with van der Waals surface area (Å²) in [6.45, 7) is -0.333. The minimum absolute atomic E-state index is 0.245. The van der Waals surface area contributed by atoms with Gasteiger partial charge in [-0.15, -0.1) is 0 Å². The minimum Gasteiger partial charge on any atom is -0.486 e. The summed E-state index contributed by atoms with van der Waals surface area (Å²) in [6.07, 6.45) is -11.7. The Morgan fingerprint density at radius 2 is 1.62 bits per heavy atom. The Hall–Kier alpha value is -2.25. The van der Waals surface area contributed by atoms with E-state index in [1.165, 1.54) is 17.2 Å². The first-order valence-electron chi connectivity index (χ1n) is 10.7. The molecule has 1 aliphatic rings. The Bertz CT molecular complexity index is 882. The highest BCUT2D eigenvalue weighted by Crippen LogP contribution is 2.32. The van der Waals surface area contributed by atoms with E-state index in [-0.39, 0.29) is 12.3 Å². The molecule has 1 saturated heterocycles. The van der Waals surface area contributed by atoms with Gasteiger partial charge in [-0.25, -0.2) is 0 Å². The molecule has 188 valence electrons. The number of hydroxylamine groups is 2. The third-order valence-electron chi connectivity index (χ3n) is 5.47. The van der Waals surface area contributed by atoms with E-state index in [0.29, 0.717) is 6.42 Å². The van der Waals surface area contributed by atoms with Crippen LogP contribution in [-0.4, -0.2) is 76.4 Å². The van der Waals surface area contributed by atoms with Crippen molar-refractivity contribution in [2.24, 2.45) is 0 Å². The van der Waals surface area contributed by atoms with Crippen LogP contribution in [0.5, 0.6) is 5.75 Å². The van der Waals surface area contributed by atoms with Crippen LogP contribution in [0.1, 0.15) is 23.7 Å². The molecular formula is C23H28F3NO7. The topological polar surface area (TPSA) is 112 Å². The lowest BCUT2D eigenvalue weighted by molar-refractivity contribution is -0.357. The molecule has 1 aliphatic heterocycles. The van der Waals surface area contributed by atoms with Crippen LogP contribution in [0.15, 0.2) is 54.6 Å². The summed E-state index contributed by atoms with van der Waals surface area (Å²) < 4.78 is 49.8. The summed E-state index contributed by atoms with van der Waals surface area (Å²) in [7, 11) is 1.56. The zero-order chi connectivity index (χ0) is 24.9. The van der Waals surface area contributed by atoms with Crippen LogP contribution < -0.4 is 4.74 Å². The van der Waals surface area contributed by atoms with E-state index in [9.17, 15) is 33.6 Å². The number of aliphatic hydroxyl groups is 4. The first-order valence-corrected chi connectivity index (χ1v) is 10.7. The Labute approximate surface area is 194 Å². The molecule has 2 aromatic rings. The second-order valence-corrected chi connectivity index (χ2v) is 7.98. The van der Waals surface area contributed by atoms with Crippen molar-refractivity contribution in [1.82, 2.24) is 5.06 Å². The van der Waals surface area contributed by atoms with Gasteiger partial charge in [0.2, 0.25) is 6.29 Å². The quantitative estimate of drug-likeness (QED) is 0.397. The normalized spacial score (nSPS) is 26.4. The van der Waals surface area contributed by atoms with Crippen LogP contribution >= 0.6 is 0 Å². The zero-order valence-corrected chi connectivity index (χ0v) is 18.4. The number of alkyl halides is 3. The summed E-state index contributed by atoms with van der Waals surface area (Å²) in [6, 6.07) is 13.5. The van der Waals surface area contributed by atoms with Gasteiger partial charge in [0.1, 0.15) is 36.3 Å². The van der Waals surface area contributed by atoms with Crippen molar-refractivity contribution in [3.63, 3.8) is 0 Å². The molecule has 34 heavy (non-hydrogen) atoms. The number of halogens is 3. The first kappa shape index (κ1) is 26.4. The standard InChI is InChI=1S/C23H28F3NO7/c1-27(34-22-21(31)20(30)19(29)18(13-28)33-22)12-11-17(14-5-3-2-4-6-14)32-16-9-7-15(8-10-16)23(24,25)26/h2-10,17-22,28-31H,11-13H2,1H3/t17?,18-,19-,20+,21-,22?/m1/s1. The van der Waals surface area contributed by atoms with Gasteiger partial charge < -0.3 is 29.9 Å². The first-order chi connectivity index (χ1) is 16.1. The molecule has 0 spiro atoms. The van der Waals surface area contributed by atoms with Crippen molar-refractivity contribution in [1.29, 1.82) is 0 Å². The van der Waals surface area contributed by atoms with Gasteiger partial charge in [0.05, 0.1) is 12.2 Å². The average molecular weight is 487 g/mol. The highest BCUT2D eigenvalue weighted by Gasteiger charge is 2.44. The Morgan fingerprint density at radius 1 is 0.971 bits per heavy atom. The van der Waals surface area contributed by atoms with Crippen molar-refractivity contribution in [2.45, 2.75) is 49.4 Å². The molecule has 0 aliphatic carbocycles. The molecule has 2 unspecified atom stereocenters. The molecule has 4 N–H and O–H groups in total. The average Bonchev–Trinajstić information content (AvgIpc) is 2.82. The lowest BCUT2D eigenvalue weighted by atomic mass is 9.99. The van der Waals surface area contributed by atoms with Crippen molar-refractivity contribution < 1.29 is 47.9 Å². The summed E-state index contributed by atoms with van der Waals surface area (Å²) in [5.74, 6) is 0.263. The van der Waals surface area contributed by atoms with Crippen molar-refractivity contribution >= 4 is 0 Å². The second-order valence-electron chi connectivity index (χ2n) is 7.98. The number of benzene rings is 2. The largest absolute Gasteiger partial charge is 0.486 e. The number of hydrogen-bond acceptors (Lipinski definition) is 8. The molecule has 11 heteroatoms. The molecular weight excluding hydrogens is 459 g/mol. The summed E-state index contributed by atoms with van der Waals surface area (Å²) in [5, 5.41) is 40.5. The number of aliphatic hydroxyl groups excluding tert-OH is 4. The summed E-state index contributed by atoms with van der Waals surface area (Å²) >= 11 is 0. The Kier molecular flexibility index (Phi) is 8.88. The van der Waals surface area contributed by atoms with Crippen molar-refractivity contribution in [2.75, 3.05) is 20.2 Å². The third kappa shape index (κ3) is 6.66. The molecule has 1 fully saturated rings. The molecule has 0 radical (unpaired) electrons. The van der Waals surface area contributed by atoms with Gasteiger partial charge in [0.25, 0.3) is 0 Å². The fourth-order valence-electron chi connectivity index (χ4n) is 3.53. The van der Waals surface area contributed by atoms with Gasteiger partial charge in [-0.05, 0) is 29.8 Å². The highest BCUT2D eigenvalue weighted by atomic mass is 19.4. The van der Waals surface area contributed by atoms with Crippen LogP contribution in [0.3, 0.4) is 0 Å². The molecule has 0 bridgehead atoms. The van der Waals surface area contributed by atoms with E-state index in [2.05, 4.69) is 0 Å². The number of rotatable bonds is 9. The fraction of sp³-hybridized carbons (Fsp3) is 0.478. The van der Waals surface area contributed by atoms with E-state index >= 15 is 0 Å². The molecule has 0 amide bonds. The summed E-state index contributed by atoms with van der Waals surface area (Å²) in [4.78, 5) is 5.54. The molecule has 2 aromatic carbocycles. The smallest absolute Gasteiger partial charge is 0.416 e. The van der Waals surface area contributed by atoms with E-state index in [4.69, 9.17) is 14.3 Å². The number of nitrogens with zero attached hydrogens (tertiary/aromatic N) is 1. The van der Waals surface area contributed by atoms with Crippen LogP contribution in [0, 0.1) is 0 Å². The van der Waals surface area contributed by atoms with Crippen LogP contribution in [-0.2, 0) is 15.8 Å². The van der Waals surface area contributed by atoms with Crippen molar-refractivity contribution in [3.05, 3.63) is 65.7 Å². The fourth-order valence-corrected chi connectivity index (χ4v) is 3.53. The Balaban J connectivity index is 1.64. The molecule has 1 heterocycles. The Morgan fingerprint density at radius 3 is 2.21 bits per heavy atom. The highest BCUT2D eigenvalue weighted by molar-refractivity contribution is 5.30. The monoisotopic (exact) mass is 487 g/mol. The molecule has 8 nitrogen and oxygen atoms in total. The third-order valence-corrected chi connectivity index (χ3v) is 5.47. The van der Waals surface area contributed by atoms with E-state index in [1.54, 1.807) is 7.05 Å². The van der Waals surface area contributed by atoms with Crippen LogP contribution in [0.25, 0.3) is 0 Å². The molecule has 3 rings (SSSR count). The maximum absolute atomic E-state index is 12.8. The molecule has 0 saturated carbocycles. The van der Waals surface area contributed by atoms with Gasteiger partial charge in [-0.1, -0.05) is 30.3 Å². The lowest BCUT2D eigenvalue weighted by Crippen LogP contribution is -2.60. The van der Waals surface area contributed by atoms with Gasteiger partial charge in [-0.3, -0.25) is 4.84 Å². The SMILES string of the molecule is CN(CCC(Oc1ccc(C(F)(F)F)cc1)c1ccccc1)OC1O[C@H](CO)[C@@H](O)[C@H](O)[C@H]1O. The van der Waals surface area contributed by atoms with Gasteiger partial charge in [0, 0.05) is 20.0 Å². The van der Waals surface area contributed by atoms with Crippen LogP contribution in [0.4, 0.5) is 13.2 Å².